The van der Waals surface area contributed by atoms with Crippen LogP contribution in [0.25, 0.3) is 0 Å². The SMILES string of the molecule is CCCOC(=O)C1=C(C)Nc2nc(SCCC)nn2C1c1ccc(OCc2ccc(C)cc2)cc1. The second-order valence-electron chi connectivity index (χ2n) is 8.56. The molecule has 0 fully saturated rings. The Labute approximate surface area is 210 Å². The lowest BCUT2D eigenvalue weighted by Gasteiger charge is -2.28. The van der Waals surface area contributed by atoms with Gasteiger partial charge in [-0.1, -0.05) is 67.6 Å². The lowest BCUT2D eigenvalue weighted by atomic mass is 9.96. The van der Waals surface area contributed by atoms with Crippen molar-refractivity contribution >= 4 is 23.7 Å². The minimum atomic E-state index is -0.440. The minimum Gasteiger partial charge on any atom is -0.489 e. The van der Waals surface area contributed by atoms with E-state index < -0.39 is 6.04 Å². The number of allylic oxidation sites excluding steroid dienone is 1. The highest BCUT2D eigenvalue weighted by atomic mass is 32.2. The smallest absolute Gasteiger partial charge is 0.338 e. The number of esters is 1. The molecule has 1 aliphatic heterocycles. The van der Waals surface area contributed by atoms with Crippen LogP contribution in [0.1, 0.15) is 56.3 Å². The van der Waals surface area contributed by atoms with Crippen LogP contribution in [-0.2, 0) is 16.1 Å². The van der Waals surface area contributed by atoms with Crippen molar-refractivity contribution in [1.29, 1.82) is 0 Å². The van der Waals surface area contributed by atoms with Gasteiger partial charge in [-0.05, 0) is 49.9 Å². The average Bonchev–Trinajstić information content (AvgIpc) is 3.27. The third-order valence-corrected chi connectivity index (χ3v) is 6.69. The number of fused-ring (bicyclic) bond motifs is 1. The summed E-state index contributed by atoms with van der Waals surface area (Å²) in [5, 5.41) is 8.67. The molecule has 0 amide bonds. The van der Waals surface area contributed by atoms with Crippen molar-refractivity contribution in [3.63, 3.8) is 0 Å². The predicted molar refractivity (Wildman–Crippen MR) is 139 cm³/mol. The van der Waals surface area contributed by atoms with Gasteiger partial charge in [0.05, 0.1) is 12.2 Å². The second-order valence-corrected chi connectivity index (χ2v) is 9.62. The summed E-state index contributed by atoms with van der Waals surface area (Å²) >= 11 is 1.61. The number of hydrogen-bond donors (Lipinski definition) is 1. The van der Waals surface area contributed by atoms with Crippen molar-refractivity contribution < 1.29 is 14.3 Å². The number of benzene rings is 2. The van der Waals surface area contributed by atoms with Gasteiger partial charge in [-0.25, -0.2) is 9.48 Å². The number of anilines is 1. The molecule has 1 aromatic heterocycles. The highest BCUT2D eigenvalue weighted by Crippen LogP contribution is 2.37. The van der Waals surface area contributed by atoms with Crippen LogP contribution < -0.4 is 10.1 Å². The zero-order valence-corrected chi connectivity index (χ0v) is 21.5. The molecule has 35 heavy (non-hydrogen) atoms. The van der Waals surface area contributed by atoms with E-state index in [9.17, 15) is 4.79 Å². The highest BCUT2D eigenvalue weighted by Gasteiger charge is 2.35. The molecule has 0 aliphatic carbocycles. The molecule has 1 atom stereocenters. The van der Waals surface area contributed by atoms with Crippen LogP contribution in [-0.4, -0.2) is 33.1 Å². The van der Waals surface area contributed by atoms with Gasteiger partial charge < -0.3 is 14.8 Å². The number of carbonyl (C=O) groups is 1. The Morgan fingerprint density at radius 2 is 1.80 bits per heavy atom. The number of hydrogen-bond acceptors (Lipinski definition) is 7. The molecule has 0 bridgehead atoms. The summed E-state index contributed by atoms with van der Waals surface area (Å²) in [6, 6.07) is 15.7. The third kappa shape index (κ3) is 5.88. The Morgan fingerprint density at radius 3 is 2.49 bits per heavy atom. The highest BCUT2D eigenvalue weighted by molar-refractivity contribution is 7.99. The lowest BCUT2D eigenvalue weighted by Crippen LogP contribution is -2.29. The number of nitrogens with zero attached hydrogens (tertiary/aromatic N) is 3. The molecular formula is C27H32N4O3S. The summed E-state index contributed by atoms with van der Waals surface area (Å²) in [5.74, 6) is 1.97. The molecule has 8 heteroatoms. The van der Waals surface area contributed by atoms with Gasteiger partial charge in [-0.2, -0.15) is 4.98 Å². The van der Waals surface area contributed by atoms with Gasteiger partial charge in [0.25, 0.3) is 0 Å². The fourth-order valence-corrected chi connectivity index (χ4v) is 4.51. The van der Waals surface area contributed by atoms with Crippen molar-refractivity contribution in [3.05, 3.63) is 76.5 Å². The van der Waals surface area contributed by atoms with Gasteiger partial charge in [0, 0.05) is 11.4 Å². The molecule has 7 nitrogen and oxygen atoms in total. The second kappa shape index (κ2) is 11.4. The standard InChI is InChI=1S/C27H32N4O3S/c1-5-15-33-25(32)23-19(4)28-26-29-27(35-16-6-2)30-31(26)24(23)21-11-13-22(14-12-21)34-17-20-9-7-18(3)8-10-20/h7-14,24H,5-6,15-17H2,1-4H3,(H,28,29,30). The fraction of sp³-hybridized carbons (Fsp3) is 0.370. The first-order valence-electron chi connectivity index (χ1n) is 12.0. The molecule has 4 rings (SSSR count). The first-order chi connectivity index (χ1) is 17.0. The van der Waals surface area contributed by atoms with Crippen molar-refractivity contribution in [2.45, 2.75) is 58.3 Å². The van der Waals surface area contributed by atoms with E-state index in [1.165, 1.54) is 5.56 Å². The van der Waals surface area contributed by atoms with Crippen molar-refractivity contribution in [2.75, 3.05) is 17.7 Å². The summed E-state index contributed by atoms with van der Waals surface area (Å²) in [5.41, 5.74) is 4.51. The largest absolute Gasteiger partial charge is 0.489 e. The van der Waals surface area contributed by atoms with Gasteiger partial charge in [0.15, 0.2) is 0 Å². The van der Waals surface area contributed by atoms with Crippen LogP contribution in [0.5, 0.6) is 5.75 Å². The van der Waals surface area contributed by atoms with Gasteiger partial charge in [-0.15, -0.1) is 5.10 Å². The Balaban J connectivity index is 1.61. The van der Waals surface area contributed by atoms with E-state index in [1.807, 2.05) is 38.1 Å². The van der Waals surface area contributed by atoms with Crippen molar-refractivity contribution in [2.24, 2.45) is 0 Å². The zero-order chi connectivity index (χ0) is 24.8. The number of aromatic nitrogens is 3. The van der Waals surface area contributed by atoms with Crippen LogP contribution in [0.15, 0.2) is 65.0 Å². The number of carbonyl (C=O) groups excluding carboxylic acids is 1. The Kier molecular flexibility index (Phi) is 8.13. The summed E-state index contributed by atoms with van der Waals surface area (Å²) < 4.78 is 13.3. The Bertz CT molecular complexity index is 1190. The molecule has 1 unspecified atom stereocenters. The van der Waals surface area contributed by atoms with E-state index in [0.29, 0.717) is 29.9 Å². The first kappa shape index (κ1) is 24.9. The van der Waals surface area contributed by atoms with E-state index in [0.717, 1.165) is 41.2 Å². The molecule has 2 heterocycles. The maximum absolute atomic E-state index is 13.1. The number of ether oxygens (including phenoxy) is 2. The Morgan fingerprint density at radius 1 is 1.06 bits per heavy atom. The first-order valence-corrected chi connectivity index (χ1v) is 13.0. The molecule has 0 saturated carbocycles. The van der Waals surface area contributed by atoms with Gasteiger partial charge >= 0.3 is 5.97 Å². The lowest BCUT2D eigenvalue weighted by molar-refractivity contribution is -0.139. The number of nitrogens with one attached hydrogen (secondary N) is 1. The average molecular weight is 493 g/mol. The van der Waals surface area contributed by atoms with Gasteiger partial charge in [0.2, 0.25) is 11.1 Å². The molecule has 3 aromatic rings. The van der Waals surface area contributed by atoms with E-state index in [1.54, 1.807) is 16.4 Å². The van der Waals surface area contributed by atoms with Crippen molar-refractivity contribution in [3.8, 4) is 5.75 Å². The van der Waals surface area contributed by atoms with Crippen LogP contribution in [0.2, 0.25) is 0 Å². The van der Waals surface area contributed by atoms with E-state index in [2.05, 4.69) is 48.4 Å². The number of thioether (sulfide) groups is 1. The van der Waals surface area contributed by atoms with E-state index >= 15 is 0 Å². The van der Waals surface area contributed by atoms with Crippen LogP contribution in [0.4, 0.5) is 5.95 Å². The molecule has 184 valence electrons. The van der Waals surface area contributed by atoms with Gasteiger partial charge in [-0.3, -0.25) is 0 Å². The van der Waals surface area contributed by atoms with E-state index in [-0.39, 0.29) is 5.97 Å². The molecule has 2 aromatic carbocycles. The maximum Gasteiger partial charge on any atom is 0.338 e. The Hall–Kier alpha value is -3.26. The summed E-state index contributed by atoms with van der Waals surface area (Å²) in [4.78, 5) is 17.7. The summed E-state index contributed by atoms with van der Waals surface area (Å²) in [6.07, 6.45) is 1.79. The number of aryl methyl sites for hydroxylation is 1. The van der Waals surface area contributed by atoms with Crippen LogP contribution in [0, 0.1) is 6.92 Å². The van der Waals surface area contributed by atoms with Crippen molar-refractivity contribution in [1.82, 2.24) is 14.8 Å². The molecule has 0 saturated heterocycles. The maximum atomic E-state index is 13.1. The van der Waals surface area contributed by atoms with E-state index in [4.69, 9.17) is 14.6 Å². The summed E-state index contributed by atoms with van der Waals surface area (Å²) in [7, 11) is 0. The molecular weight excluding hydrogens is 460 g/mol. The fourth-order valence-electron chi connectivity index (χ4n) is 3.83. The minimum absolute atomic E-state index is 0.342. The normalized spacial score (nSPS) is 14.9. The molecule has 1 N–H and O–H groups in total. The number of rotatable bonds is 10. The predicted octanol–water partition coefficient (Wildman–Crippen LogP) is 5.91. The van der Waals surface area contributed by atoms with Gasteiger partial charge in [0.1, 0.15) is 18.4 Å². The van der Waals surface area contributed by atoms with Crippen LogP contribution in [0.3, 0.4) is 0 Å². The monoisotopic (exact) mass is 492 g/mol. The third-order valence-electron chi connectivity index (χ3n) is 5.65. The summed E-state index contributed by atoms with van der Waals surface area (Å²) in [6.45, 7) is 8.92. The quantitative estimate of drug-likeness (QED) is 0.278. The van der Waals surface area contributed by atoms with Crippen LogP contribution >= 0.6 is 11.8 Å². The topological polar surface area (TPSA) is 78.3 Å². The zero-order valence-electron chi connectivity index (χ0n) is 20.7. The molecule has 0 radical (unpaired) electrons. The molecule has 1 aliphatic rings. The molecule has 0 spiro atoms.